The number of nitrogen functional groups attached to an aromatic ring is 5. The molecule has 720 valence electrons. The molecule has 0 unspecified atom stereocenters. The number of amides is 2. The lowest BCUT2D eigenvalue weighted by atomic mass is 10.1. The molecule has 0 saturated carbocycles. The van der Waals surface area contributed by atoms with Gasteiger partial charge in [0.05, 0.1) is 95.4 Å². The van der Waals surface area contributed by atoms with E-state index in [2.05, 4.69) is 71.4 Å². The number of primary amides is 1. The van der Waals surface area contributed by atoms with Gasteiger partial charge in [-0.05, 0) is 175 Å². The van der Waals surface area contributed by atoms with Gasteiger partial charge in [0.15, 0.2) is 38.5 Å². The summed E-state index contributed by atoms with van der Waals surface area (Å²) in [6, 6.07) is 78.7. The predicted molar refractivity (Wildman–Crippen MR) is 567 cm³/mol. The number of carbonyl (C=O) groups excluding carboxylic acids is 2. The van der Waals surface area contributed by atoms with Gasteiger partial charge in [-0.15, -0.1) is 0 Å². The number of pyridine rings is 4. The first-order valence-corrected chi connectivity index (χ1v) is 47.4. The van der Waals surface area contributed by atoms with Crippen LogP contribution in [0.25, 0.3) is 153 Å². The van der Waals surface area contributed by atoms with Crippen molar-refractivity contribution < 1.29 is 18.4 Å². The lowest BCUT2D eigenvalue weighted by molar-refractivity contribution is -0.114. The van der Waals surface area contributed by atoms with Gasteiger partial charge in [-0.25, -0.2) is 77.3 Å². The van der Waals surface area contributed by atoms with E-state index in [9.17, 15) is 37.5 Å². The van der Waals surface area contributed by atoms with Gasteiger partial charge in [-0.1, -0.05) is 180 Å². The molecule has 35 nitrogen and oxygen atoms in total. The van der Waals surface area contributed by atoms with Crippen LogP contribution < -0.4 is 62.0 Å². The fourth-order valence-corrected chi connectivity index (χ4v) is 20.4. The van der Waals surface area contributed by atoms with E-state index in [-0.39, 0.29) is 82.7 Å². The van der Waals surface area contributed by atoms with Crippen LogP contribution in [0.3, 0.4) is 0 Å². The molecule has 13 N–H and O–H groups in total. The van der Waals surface area contributed by atoms with Crippen molar-refractivity contribution >= 4 is 176 Å². The van der Waals surface area contributed by atoms with Crippen LogP contribution in [-0.2, 0) is 31.0 Å². The summed E-state index contributed by atoms with van der Waals surface area (Å²) in [6.07, 6.45) is 2.51. The highest BCUT2D eigenvalue weighted by molar-refractivity contribution is 7.22. The van der Waals surface area contributed by atoms with E-state index in [0.29, 0.717) is 105 Å². The van der Waals surface area contributed by atoms with Gasteiger partial charge >= 0.3 is 0 Å². The lowest BCUT2D eigenvalue weighted by Crippen LogP contribution is -2.25. The van der Waals surface area contributed by atoms with Crippen molar-refractivity contribution in [3.8, 4) is 45.3 Å². The molecule has 0 fully saturated rings. The minimum Gasteiger partial charge on any atom is -0.383 e. The number of aromatic nitrogens is 22. The smallest absolute Gasteiger partial charge is 0.282 e. The molecule has 146 heavy (non-hydrogen) atoms. The fraction of sp³-hybridized carbons (Fsp3) is 0.103. The standard InChI is InChI=1S/C31H24N8O2S.C30H24N8OS.C23H18F2N6O.C23H19N7O2/c1-17-7-6-8-19-13-22(39(30(41)25(17)19)21-9-4-3-5-10-21)15-38-29-26(28(32)33-16-34-29)27(37-38)20-11-12-24-23(14-20)36-31(42-24)35-18(2)40;1-16-6-3-4-9-22(16)38-20(12-18-8-5-7-17(2)24(18)29(38)39)14-37-28-25(27(31)33-15-34-28)26(36-37)19-10-11-23-21(13-19)35-30(32)40-23;1-13-6-5-7-14-10-16(31(23(32)17(13)14)15-8-3-2-4-9-15)11-30-22-18(19(29-30)20(24)25)21(26)27-12-28-22;1-13-6-5-7-14-10-16(30(23(32)17(13)14)15-8-3-2-4-9-15)11-29-22-18(19(28-29)21(25)31)20(24)26-12-27-22/h3-14,16H,15H2,1-2H3,(H2,32,33,34)(H,35,36,40);3-13,15H,14H2,1-2H3,(H2,32,35)(H2,31,33,34);2-10,12,20H,11H2,1H3,(H2,26,27,28);2-10,12H,11H2,1H3,(H2,25,31)(H2,24,26,27). The van der Waals surface area contributed by atoms with E-state index >= 15 is 0 Å². The first-order valence-electron chi connectivity index (χ1n) is 45.8. The van der Waals surface area contributed by atoms with Crippen molar-refractivity contribution in [2.24, 2.45) is 5.73 Å². The van der Waals surface area contributed by atoms with Crippen LogP contribution in [-0.4, -0.2) is 119 Å². The number of anilines is 6. The number of hydrogen-bond acceptors (Lipinski definition) is 27. The second kappa shape index (κ2) is 38.1. The normalized spacial score (nSPS) is 11.5. The highest BCUT2D eigenvalue weighted by Crippen LogP contribution is 2.40. The molecule has 0 atom stereocenters. The molecule has 0 aliphatic rings. The Balaban J connectivity index is 0.000000115. The van der Waals surface area contributed by atoms with E-state index in [4.69, 9.17) is 44.6 Å². The zero-order chi connectivity index (χ0) is 101. The van der Waals surface area contributed by atoms with Crippen molar-refractivity contribution in [3.63, 3.8) is 0 Å². The van der Waals surface area contributed by atoms with Crippen molar-refractivity contribution in [3.05, 3.63) is 377 Å². The molecule has 0 bridgehead atoms. The zero-order valence-electron chi connectivity index (χ0n) is 78.7. The largest absolute Gasteiger partial charge is 0.383 e. The summed E-state index contributed by atoms with van der Waals surface area (Å²) in [7, 11) is 0. The van der Waals surface area contributed by atoms with Crippen LogP contribution in [0, 0.1) is 34.6 Å². The quantitative estimate of drug-likeness (QED) is 0.0445. The van der Waals surface area contributed by atoms with Crippen LogP contribution in [0.15, 0.2) is 293 Å². The minimum absolute atomic E-state index is 0.0108. The number of thiazole rings is 2. The summed E-state index contributed by atoms with van der Waals surface area (Å²) in [6.45, 7) is 11.9. The monoisotopic (exact) mass is 1970 g/mol. The third kappa shape index (κ3) is 17.2. The molecule has 0 spiro atoms. The number of benzene rings is 10. The maximum absolute atomic E-state index is 14.1. The van der Waals surface area contributed by atoms with Crippen LogP contribution in [0.1, 0.15) is 80.1 Å². The number of nitrogens with zero attached hydrogens (tertiary/aromatic N) is 22. The summed E-state index contributed by atoms with van der Waals surface area (Å²) in [5.74, 6) is -0.231. The predicted octanol–water partition coefficient (Wildman–Crippen LogP) is 16.7. The number of nitrogens with two attached hydrogens (primary N) is 6. The first-order chi connectivity index (χ1) is 70.7. The summed E-state index contributed by atoms with van der Waals surface area (Å²) >= 11 is 2.83. The Labute approximate surface area is 832 Å². The van der Waals surface area contributed by atoms with Crippen molar-refractivity contribution in [2.75, 3.05) is 34.0 Å². The summed E-state index contributed by atoms with van der Waals surface area (Å²) < 4.78 is 42.4. The molecule has 24 rings (SSSR count). The van der Waals surface area contributed by atoms with E-state index in [1.807, 2.05) is 277 Å². The van der Waals surface area contributed by atoms with Crippen LogP contribution in [0.2, 0.25) is 0 Å². The van der Waals surface area contributed by atoms with Gasteiger partial charge < -0.3 is 39.7 Å². The Morgan fingerprint density at radius 2 is 0.699 bits per heavy atom. The molecule has 10 aromatic carbocycles. The minimum atomic E-state index is -2.84. The van der Waals surface area contributed by atoms with Gasteiger partial charge in [0.1, 0.15) is 65.7 Å². The molecule has 2 amide bonds. The Bertz CT molecular complexity index is 9700. The van der Waals surface area contributed by atoms with E-state index in [1.54, 1.807) is 27.6 Å². The second-order valence-electron chi connectivity index (χ2n) is 34.7. The number of carbonyl (C=O) groups is 2. The maximum Gasteiger partial charge on any atom is 0.282 e. The number of rotatable bonds is 17. The third-order valence-corrected chi connectivity index (χ3v) is 27.1. The van der Waals surface area contributed by atoms with E-state index < -0.39 is 18.0 Å². The number of nitrogens with one attached hydrogen (secondary N) is 1. The van der Waals surface area contributed by atoms with Gasteiger partial charge in [0, 0.05) is 57.9 Å². The fourth-order valence-electron chi connectivity index (χ4n) is 18.8. The highest BCUT2D eigenvalue weighted by Gasteiger charge is 2.29. The molecule has 0 aliphatic carbocycles. The molecule has 0 aliphatic heterocycles. The Kier molecular flexibility index (Phi) is 24.3. The SMILES string of the molecule is CC(=O)Nc1nc2cc(-c3nn(Cc4cc5cccc(C)c5c(=O)n4-c4ccccc4)c4ncnc(N)c34)ccc2s1.Cc1cccc2cc(Cn3nc(C(F)F)c4c(N)ncnc43)n(-c3ccccc3)c(=O)c12.Cc1cccc2cc(Cn3nc(C(N)=O)c4c(N)ncnc43)n(-c3ccccc3)c(=O)c12.Cc1ccccc1-n1c(Cn2nc(-c3ccc4sc(N)nc4c3)c3c(N)ncnc32)cc2cccc(C)c2c1=O. The topological polar surface area (TPSA) is 490 Å². The number of halogens is 2. The van der Waals surface area contributed by atoms with E-state index in [0.717, 1.165) is 109 Å². The lowest BCUT2D eigenvalue weighted by Gasteiger charge is -2.17. The Hall–Kier alpha value is -19.2. The molecular weight excluding hydrogens is 1890 g/mol. The second-order valence-corrected chi connectivity index (χ2v) is 36.8. The summed E-state index contributed by atoms with van der Waals surface area (Å²) in [5, 5.41) is 29.7. The molecule has 14 heterocycles. The van der Waals surface area contributed by atoms with Gasteiger partial charge in [-0.3, -0.25) is 47.0 Å². The van der Waals surface area contributed by atoms with Crippen molar-refractivity contribution in [1.82, 2.24) is 107 Å². The van der Waals surface area contributed by atoms with Crippen molar-refractivity contribution in [1.29, 1.82) is 0 Å². The van der Waals surface area contributed by atoms with Gasteiger partial charge in [-0.2, -0.15) is 20.4 Å². The maximum atomic E-state index is 14.1. The number of aryl methyl sites for hydroxylation is 5. The number of hydrogen-bond donors (Lipinski definition) is 7. The zero-order valence-corrected chi connectivity index (χ0v) is 80.3. The number of para-hydroxylation sites is 4. The van der Waals surface area contributed by atoms with Crippen LogP contribution >= 0.6 is 22.7 Å². The highest BCUT2D eigenvalue weighted by atomic mass is 32.1. The van der Waals surface area contributed by atoms with Gasteiger partial charge in [0.2, 0.25) is 5.91 Å². The molecule has 14 aromatic heterocycles. The molecule has 0 saturated heterocycles. The third-order valence-electron chi connectivity index (χ3n) is 25.3. The van der Waals surface area contributed by atoms with Crippen LogP contribution in [0.5, 0.6) is 0 Å². The van der Waals surface area contributed by atoms with Crippen LogP contribution in [0.4, 0.5) is 42.3 Å². The summed E-state index contributed by atoms with van der Waals surface area (Å²) in [4.78, 5) is 121. The Morgan fingerprint density at radius 1 is 0.356 bits per heavy atom. The molecule has 24 aromatic rings. The van der Waals surface area contributed by atoms with Crippen molar-refractivity contribution in [2.45, 2.75) is 74.1 Å². The van der Waals surface area contributed by atoms with E-state index in [1.165, 1.54) is 64.3 Å². The molecule has 39 heteroatoms. The number of alkyl halides is 2. The first kappa shape index (κ1) is 93.1. The average molecular weight is 1980 g/mol. The van der Waals surface area contributed by atoms with Gasteiger partial charge in [0.25, 0.3) is 34.6 Å². The number of fused-ring (bicyclic) bond motifs is 10. The molecular formula is C107H85F2N29O6S2. The average Bonchev–Trinajstić information content (AvgIpc) is 1.17. The summed E-state index contributed by atoms with van der Waals surface area (Å²) in [5.41, 5.74) is 51.4. The molecule has 0 radical (unpaired) electrons. The Morgan fingerprint density at radius 3 is 1.10 bits per heavy atom.